The van der Waals surface area contributed by atoms with E-state index in [9.17, 15) is 4.39 Å². The van der Waals surface area contributed by atoms with Gasteiger partial charge in [0.25, 0.3) is 0 Å². The molecule has 0 amide bonds. The Kier molecular flexibility index (Phi) is 4.56. The second-order valence-corrected chi connectivity index (χ2v) is 7.47. The third-order valence-electron chi connectivity index (χ3n) is 5.56. The molecule has 0 aliphatic heterocycles. The molecule has 116 valence electrons. The summed E-state index contributed by atoms with van der Waals surface area (Å²) in [6.07, 6.45) is 7.27. The number of hydrogen-bond acceptors (Lipinski definition) is 1. The molecule has 3 atom stereocenters. The molecule has 0 aromatic heterocycles. The first kappa shape index (κ1) is 15.3. The highest BCUT2D eigenvalue weighted by Crippen LogP contribution is 2.57. The molecule has 21 heavy (non-hydrogen) atoms. The van der Waals surface area contributed by atoms with E-state index in [1.807, 2.05) is 6.07 Å². The Balaban J connectivity index is 1.81. The van der Waals surface area contributed by atoms with Crippen molar-refractivity contribution in [1.82, 2.24) is 5.32 Å². The zero-order chi connectivity index (χ0) is 14.9. The number of fused-ring (bicyclic) bond motifs is 2. The summed E-state index contributed by atoms with van der Waals surface area (Å²) in [5.74, 6) is 1.52. The molecule has 1 nitrogen and oxygen atoms in total. The quantitative estimate of drug-likeness (QED) is 0.742. The van der Waals surface area contributed by atoms with E-state index in [4.69, 9.17) is 11.6 Å². The van der Waals surface area contributed by atoms with Crippen molar-refractivity contribution in [2.45, 2.75) is 45.4 Å². The van der Waals surface area contributed by atoms with Crippen molar-refractivity contribution in [1.29, 1.82) is 0 Å². The van der Waals surface area contributed by atoms with Gasteiger partial charge < -0.3 is 5.32 Å². The summed E-state index contributed by atoms with van der Waals surface area (Å²) in [6, 6.07) is 4.98. The lowest BCUT2D eigenvalue weighted by atomic mass is 9.69. The fourth-order valence-electron chi connectivity index (χ4n) is 4.63. The normalized spacial score (nSPS) is 31.0. The van der Waals surface area contributed by atoms with Gasteiger partial charge in [0, 0.05) is 11.6 Å². The summed E-state index contributed by atoms with van der Waals surface area (Å²) >= 11 is 6.07. The van der Waals surface area contributed by atoms with E-state index in [0.717, 1.165) is 43.3 Å². The highest BCUT2D eigenvalue weighted by molar-refractivity contribution is 6.30. The summed E-state index contributed by atoms with van der Waals surface area (Å²) in [6.45, 7) is 4.27. The summed E-state index contributed by atoms with van der Waals surface area (Å²) in [7, 11) is 0. The van der Waals surface area contributed by atoms with Crippen LogP contribution in [0.4, 0.5) is 4.39 Å². The van der Waals surface area contributed by atoms with Crippen molar-refractivity contribution in [3.8, 4) is 0 Å². The van der Waals surface area contributed by atoms with Crippen LogP contribution in [-0.2, 0) is 6.42 Å². The van der Waals surface area contributed by atoms with Gasteiger partial charge in [-0.2, -0.15) is 0 Å². The summed E-state index contributed by atoms with van der Waals surface area (Å²) in [5, 5.41) is 4.25. The Morgan fingerprint density at radius 2 is 2.24 bits per heavy atom. The molecule has 0 heterocycles. The topological polar surface area (TPSA) is 12.0 Å². The third kappa shape index (κ3) is 3.12. The Hall–Kier alpha value is -0.600. The highest BCUT2D eigenvalue weighted by atomic mass is 35.5. The van der Waals surface area contributed by atoms with Crippen LogP contribution in [-0.4, -0.2) is 13.1 Å². The van der Waals surface area contributed by atoms with Gasteiger partial charge in [0.15, 0.2) is 0 Å². The number of hydrogen-bond donors (Lipinski definition) is 1. The zero-order valence-electron chi connectivity index (χ0n) is 12.8. The zero-order valence-corrected chi connectivity index (χ0v) is 13.6. The molecule has 3 heteroatoms. The third-order valence-corrected chi connectivity index (χ3v) is 5.79. The van der Waals surface area contributed by atoms with E-state index in [-0.39, 0.29) is 11.2 Å². The first-order chi connectivity index (χ1) is 10.1. The number of rotatable bonds is 6. The Morgan fingerprint density at radius 3 is 2.90 bits per heavy atom. The molecule has 2 bridgehead atoms. The van der Waals surface area contributed by atoms with Crippen molar-refractivity contribution in [2.24, 2.45) is 17.3 Å². The first-order valence-corrected chi connectivity index (χ1v) is 8.65. The average Bonchev–Trinajstić information content (AvgIpc) is 3.04. The standard InChI is InChI=1S/C18H25ClFN/c1-2-7-21-12-18(10-13-3-4-15(18)8-13)11-14-9-16(19)5-6-17(14)20/h5-6,9,13,15,21H,2-4,7-8,10-12H2,1H3. The van der Waals surface area contributed by atoms with Crippen molar-refractivity contribution in [3.63, 3.8) is 0 Å². The van der Waals surface area contributed by atoms with E-state index in [1.54, 1.807) is 6.07 Å². The van der Waals surface area contributed by atoms with Gasteiger partial charge in [-0.15, -0.1) is 0 Å². The number of halogens is 2. The molecule has 2 saturated carbocycles. The Morgan fingerprint density at radius 1 is 1.38 bits per heavy atom. The minimum atomic E-state index is -0.1000. The Labute approximate surface area is 132 Å². The van der Waals surface area contributed by atoms with E-state index in [0.29, 0.717) is 5.02 Å². The maximum Gasteiger partial charge on any atom is 0.126 e. The predicted molar refractivity (Wildman–Crippen MR) is 86.2 cm³/mol. The lowest BCUT2D eigenvalue weighted by Crippen LogP contribution is -2.41. The molecular formula is C18H25ClFN. The van der Waals surface area contributed by atoms with Crippen LogP contribution in [0.5, 0.6) is 0 Å². The van der Waals surface area contributed by atoms with Gasteiger partial charge in [0.2, 0.25) is 0 Å². The van der Waals surface area contributed by atoms with Crippen molar-refractivity contribution in [2.75, 3.05) is 13.1 Å². The molecule has 2 fully saturated rings. The summed E-state index contributed by atoms with van der Waals surface area (Å²) in [5.41, 5.74) is 1.04. The molecule has 3 rings (SSSR count). The molecule has 2 aliphatic carbocycles. The fourth-order valence-corrected chi connectivity index (χ4v) is 4.82. The smallest absolute Gasteiger partial charge is 0.126 e. The van der Waals surface area contributed by atoms with Gasteiger partial charge in [0.1, 0.15) is 5.82 Å². The number of nitrogens with one attached hydrogen (secondary N) is 1. The SMILES string of the molecule is CCCNCC1(Cc2cc(Cl)ccc2F)CC2CCC1C2. The van der Waals surface area contributed by atoms with Crippen LogP contribution in [0.3, 0.4) is 0 Å². The van der Waals surface area contributed by atoms with Crippen LogP contribution in [0, 0.1) is 23.1 Å². The van der Waals surface area contributed by atoms with Crippen LogP contribution >= 0.6 is 11.6 Å². The maximum atomic E-state index is 14.1. The van der Waals surface area contributed by atoms with Crippen LogP contribution < -0.4 is 5.32 Å². The van der Waals surface area contributed by atoms with Gasteiger partial charge >= 0.3 is 0 Å². The van der Waals surface area contributed by atoms with Gasteiger partial charge in [-0.25, -0.2) is 4.39 Å². The minimum Gasteiger partial charge on any atom is -0.316 e. The first-order valence-electron chi connectivity index (χ1n) is 8.27. The van der Waals surface area contributed by atoms with Gasteiger partial charge in [0.05, 0.1) is 0 Å². The molecular weight excluding hydrogens is 285 g/mol. The molecule has 1 aromatic carbocycles. The average molecular weight is 310 g/mol. The van der Waals surface area contributed by atoms with E-state index >= 15 is 0 Å². The van der Waals surface area contributed by atoms with Crippen molar-refractivity contribution >= 4 is 11.6 Å². The fraction of sp³-hybridized carbons (Fsp3) is 0.667. The van der Waals surface area contributed by atoms with E-state index in [2.05, 4.69) is 12.2 Å². The molecule has 0 spiro atoms. The summed E-state index contributed by atoms with van der Waals surface area (Å²) in [4.78, 5) is 0. The van der Waals surface area contributed by atoms with Crippen molar-refractivity contribution < 1.29 is 4.39 Å². The van der Waals surface area contributed by atoms with Gasteiger partial charge in [-0.1, -0.05) is 24.9 Å². The van der Waals surface area contributed by atoms with Gasteiger partial charge in [-0.3, -0.25) is 0 Å². The molecule has 0 radical (unpaired) electrons. The minimum absolute atomic E-state index is 0.1000. The van der Waals surface area contributed by atoms with Crippen LogP contribution in [0.2, 0.25) is 5.02 Å². The van der Waals surface area contributed by atoms with Crippen LogP contribution in [0.1, 0.15) is 44.6 Å². The van der Waals surface area contributed by atoms with Crippen LogP contribution in [0.25, 0.3) is 0 Å². The Bertz CT molecular complexity index is 504. The molecule has 1 N–H and O–H groups in total. The lowest BCUT2D eigenvalue weighted by molar-refractivity contribution is 0.155. The molecule has 1 aromatic rings. The molecule has 2 aliphatic rings. The second-order valence-electron chi connectivity index (χ2n) is 7.03. The molecule has 0 saturated heterocycles. The van der Waals surface area contributed by atoms with Crippen molar-refractivity contribution in [3.05, 3.63) is 34.6 Å². The monoisotopic (exact) mass is 309 g/mol. The van der Waals surface area contributed by atoms with E-state index < -0.39 is 0 Å². The number of benzene rings is 1. The highest BCUT2D eigenvalue weighted by Gasteiger charge is 2.50. The van der Waals surface area contributed by atoms with Crippen LogP contribution in [0.15, 0.2) is 18.2 Å². The summed E-state index contributed by atoms with van der Waals surface area (Å²) < 4.78 is 14.1. The van der Waals surface area contributed by atoms with E-state index in [1.165, 1.54) is 31.7 Å². The largest absolute Gasteiger partial charge is 0.316 e. The van der Waals surface area contributed by atoms with Gasteiger partial charge in [-0.05, 0) is 79.7 Å². The maximum absolute atomic E-state index is 14.1. The lowest BCUT2D eigenvalue weighted by Gasteiger charge is -2.38. The second kappa shape index (κ2) is 6.26. The molecule has 3 unspecified atom stereocenters. The predicted octanol–water partition coefficient (Wildman–Crippen LogP) is 4.83.